The van der Waals surface area contributed by atoms with Crippen molar-refractivity contribution in [1.29, 1.82) is 0 Å². The van der Waals surface area contributed by atoms with Crippen LogP contribution in [0.15, 0.2) is 24.3 Å². The normalized spacial score (nSPS) is 14.9. The van der Waals surface area contributed by atoms with Crippen LogP contribution in [0.3, 0.4) is 0 Å². The Morgan fingerprint density at radius 2 is 1.91 bits per heavy atom. The molecule has 1 saturated heterocycles. The minimum Gasteiger partial charge on any atom is -0.353 e. The molecule has 22 heavy (non-hydrogen) atoms. The van der Waals surface area contributed by atoms with E-state index in [0.717, 1.165) is 18.4 Å². The second-order valence-corrected chi connectivity index (χ2v) is 5.75. The number of nitrogens with one attached hydrogen (secondary N) is 1. The Morgan fingerprint density at radius 1 is 1.27 bits per heavy atom. The predicted molar refractivity (Wildman–Crippen MR) is 86.4 cm³/mol. The van der Waals surface area contributed by atoms with Gasteiger partial charge in [0.25, 0.3) is 5.91 Å². The Bertz CT molecular complexity index is 593. The number of hydrogen-bond donors (Lipinski definition) is 1. The summed E-state index contributed by atoms with van der Waals surface area (Å²) in [5, 5.41) is 3.69. The van der Waals surface area contributed by atoms with Crippen LogP contribution in [-0.2, 0) is 16.0 Å². The lowest BCUT2D eigenvalue weighted by Gasteiger charge is -2.31. The molecule has 1 N–H and O–H groups in total. The van der Waals surface area contributed by atoms with Crippen molar-refractivity contribution in [3.63, 3.8) is 0 Å². The van der Waals surface area contributed by atoms with Crippen LogP contribution in [0.1, 0.15) is 25.3 Å². The first-order valence-corrected chi connectivity index (χ1v) is 7.71. The van der Waals surface area contributed by atoms with Crippen molar-refractivity contribution in [1.82, 2.24) is 10.2 Å². The lowest BCUT2D eigenvalue weighted by atomic mass is 10.0. The number of nitrogens with zero attached hydrogens (tertiary/aromatic N) is 1. The van der Waals surface area contributed by atoms with Gasteiger partial charge in [-0.05, 0) is 43.4 Å². The van der Waals surface area contributed by atoms with Crippen molar-refractivity contribution in [2.45, 2.75) is 32.2 Å². The molecule has 0 bridgehead atoms. The Kier molecular flexibility index (Phi) is 5.85. The van der Waals surface area contributed by atoms with E-state index in [1.807, 2.05) is 12.1 Å². The topological polar surface area (TPSA) is 49.4 Å². The van der Waals surface area contributed by atoms with Gasteiger partial charge in [-0.25, -0.2) is 0 Å². The summed E-state index contributed by atoms with van der Waals surface area (Å²) < 4.78 is 0. The molecular weight excluding hydrogens is 300 g/mol. The molecule has 1 fully saturated rings. The molecule has 0 unspecified atom stereocenters. The molecule has 2 rings (SSSR count). The van der Waals surface area contributed by atoms with Gasteiger partial charge >= 0.3 is 0 Å². The number of carbonyl (C=O) groups excluding carboxylic acids is 2. The molecular formula is C17H19ClN2O2. The molecule has 0 radical (unpaired) electrons. The highest BCUT2D eigenvalue weighted by Gasteiger charge is 2.22. The fraction of sp³-hybridized carbons (Fsp3) is 0.412. The van der Waals surface area contributed by atoms with Gasteiger partial charge in [0.1, 0.15) is 0 Å². The summed E-state index contributed by atoms with van der Waals surface area (Å²) in [6.45, 7) is 2.93. The summed E-state index contributed by atoms with van der Waals surface area (Å²) in [6.07, 6.45) is 1.88. The lowest BCUT2D eigenvalue weighted by molar-refractivity contribution is -0.126. The van der Waals surface area contributed by atoms with Gasteiger partial charge in [-0.2, -0.15) is 0 Å². The van der Waals surface area contributed by atoms with E-state index in [1.165, 1.54) is 0 Å². The van der Waals surface area contributed by atoms with Crippen molar-refractivity contribution < 1.29 is 9.59 Å². The maximum atomic E-state index is 12.0. The SMILES string of the molecule is CC#CC(=O)N1CCC(NC(=O)Cc2ccc(Cl)cc2)CC1. The van der Waals surface area contributed by atoms with E-state index in [-0.39, 0.29) is 17.9 Å². The Labute approximate surface area is 135 Å². The molecule has 1 aromatic carbocycles. The molecule has 116 valence electrons. The first-order valence-electron chi connectivity index (χ1n) is 7.34. The average Bonchev–Trinajstić information content (AvgIpc) is 2.50. The number of benzene rings is 1. The van der Waals surface area contributed by atoms with Gasteiger partial charge in [0, 0.05) is 24.2 Å². The van der Waals surface area contributed by atoms with Gasteiger partial charge in [0.15, 0.2) is 0 Å². The monoisotopic (exact) mass is 318 g/mol. The van der Waals surface area contributed by atoms with Crippen LogP contribution in [0.25, 0.3) is 0 Å². The molecule has 4 nitrogen and oxygen atoms in total. The number of hydrogen-bond acceptors (Lipinski definition) is 2. The van der Waals surface area contributed by atoms with Crippen LogP contribution in [-0.4, -0.2) is 35.8 Å². The minimum absolute atomic E-state index is 0.000416. The second kappa shape index (κ2) is 7.86. The summed E-state index contributed by atoms with van der Waals surface area (Å²) in [6, 6.07) is 7.39. The fourth-order valence-electron chi connectivity index (χ4n) is 2.48. The van der Waals surface area contributed by atoms with E-state index in [9.17, 15) is 9.59 Å². The molecule has 1 aliphatic heterocycles. The number of likely N-dealkylation sites (tertiary alicyclic amines) is 1. The van der Waals surface area contributed by atoms with Crippen LogP contribution in [0, 0.1) is 11.8 Å². The highest BCUT2D eigenvalue weighted by molar-refractivity contribution is 6.30. The van der Waals surface area contributed by atoms with Crippen molar-refractivity contribution in [2.75, 3.05) is 13.1 Å². The van der Waals surface area contributed by atoms with E-state index in [4.69, 9.17) is 11.6 Å². The van der Waals surface area contributed by atoms with Gasteiger partial charge < -0.3 is 10.2 Å². The molecule has 0 aliphatic carbocycles. The number of amides is 2. The fourth-order valence-corrected chi connectivity index (χ4v) is 2.61. The molecule has 2 amide bonds. The first-order chi connectivity index (χ1) is 10.6. The Balaban J connectivity index is 1.77. The molecule has 1 heterocycles. The van der Waals surface area contributed by atoms with E-state index in [0.29, 0.717) is 24.5 Å². The summed E-state index contributed by atoms with van der Waals surface area (Å²) >= 11 is 5.82. The van der Waals surface area contributed by atoms with Crippen LogP contribution in [0.4, 0.5) is 0 Å². The lowest BCUT2D eigenvalue weighted by Crippen LogP contribution is -2.46. The quantitative estimate of drug-likeness (QED) is 0.867. The number of piperidine rings is 1. The maximum absolute atomic E-state index is 12.0. The van der Waals surface area contributed by atoms with Crippen LogP contribution in [0.2, 0.25) is 5.02 Å². The smallest absolute Gasteiger partial charge is 0.298 e. The predicted octanol–water partition coefficient (Wildman–Crippen LogP) is 2.01. The van der Waals surface area contributed by atoms with Gasteiger partial charge in [-0.1, -0.05) is 29.7 Å². The van der Waals surface area contributed by atoms with Crippen LogP contribution in [0.5, 0.6) is 0 Å². The minimum atomic E-state index is -0.131. The molecule has 0 spiro atoms. The summed E-state index contributed by atoms with van der Waals surface area (Å²) in [4.78, 5) is 25.4. The number of rotatable bonds is 3. The average molecular weight is 319 g/mol. The maximum Gasteiger partial charge on any atom is 0.298 e. The summed E-state index contributed by atoms with van der Waals surface area (Å²) in [7, 11) is 0. The van der Waals surface area contributed by atoms with E-state index >= 15 is 0 Å². The van der Waals surface area contributed by atoms with Crippen LogP contribution < -0.4 is 5.32 Å². The van der Waals surface area contributed by atoms with Crippen molar-refractivity contribution in [2.24, 2.45) is 0 Å². The van der Waals surface area contributed by atoms with Crippen molar-refractivity contribution in [3.8, 4) is 11.8 Å². The van der Waals surface area contributed by atoms with Gasteiger partial charge in [-0.3, -0.25) is 9.59 Å². The zero-order valence-electron chi connectivity index (χ0n) is 12.6. The second-order valence-electron chi connectivity index (χ2n) is 5.31. The third-order valence-electron chi connectivity index (χ3n) is 3.66. The highest BCUT2D eigenvalue weighted by Crippen LogP contribution is 2.12. The summed E-state index contributed by atoms with van der Waals surface area (Å²) in [5.74, 6) is 5.04. The van der Waals surface area contributed by atoms with E-state index < -0.39 is 0 Å². The third kappa shape index (κ3) is 4.78. The highest BCUT2D eigenvalue weighted by atomic mass is 35.5. The standard InChI is InChI=1S/C17H19ClN2O2/c1-2-3-17(22)20-10-8-15(9-11-20)19-16(21)12-13-4-6-14(18)7-5-13/h4-7,15H,8-12H2,1H3,(H,19,21). The summed E-state index contributed by atoms with van der Waals surface area (Å²) in [5.41, 5.74) is 0.938. The van der Waals surface area contributed by atoms with Gasteiger partial charge in [-0.15, -0.1) is 0 Å². The van der Waals surface area contributed by atoms with Crippen molar-refractivity contribution >= 4 is 23.4 Å². The van der Waals surface area contributed by atoms with Crippen molar-refractivity contribution in [3.05, 3.63) is 34.9 Å². The van der Waals surface area contributed by atoms with Gasteiger partial charge in [0.05, 0.1) is 6.42 Å². The molecule has 1 aromatic rings. The molecule has 0 aromatic heterocycles. The third-order valence-corrected chi connectivity index (χ3v) is 3.91. The first kappa shape index (κ1) is 16.4. The number of carbonyl (C=O) groups is 2. The van der Waals surface area contributed by atoms with Crippen LogP contribution >= 0.6 is 11.6 Å². The van der Waals surface area contributed by atoms with Gasteiger partial charge in [0.2, 0.25) is 5.91 Å². The molecule has 1 aliphatic rings. The molecule has 5 heteroatoms. The number of halogens is 1. The largest absolute Gasteiger partial charge is 0.353 e. The molecule has 0 saturated carbocycles. The van der Waals surface area contributed by atoms with E-state index in [2.05, 4.69) is 17.2 Å². The zero-order chi connectivity index (χ0) is 15.9. The Morgan fingerprint density at radius 3 is 2.50 bits per heavy atom. The van der Waals surface area contributed by atoms with E-state index in [1.54, 1.807) is 24.0 Å². The Hall–Kier alpha value is -1.99. The zero-order valence-corrected chi connectivity index (χ0v) is 13.3. The molecule has 0 atom stereocenters.